The van der Waals surface area contributed by atoms with E-state index in [1.54, 1.807) is 42.5 Å². The molecule has 0 saturated heterocycles. The average Bonchev–Trinajstić information content (AvgIpc) is 2.33. The first-order chi connectivity index (χ1) is 9.04. The number of amides is 2. The number of hydrogen-bond acceptors (Lipinski definition) is 1. The minimum absolute atomic E-state index is 0.326. The minimum Gasteiger partial charge on any atom is -0.308 e. The fourth-order valence-electron chi connectivity index (χ4n) is 1.62. The number of benzene rings is 2. The van der Waals surface area contributed by atoms with Gasteiger partial charge < -0.3 is 10.6 Å². The third kappa shape index (κ3) is 3.88. The van der Waals surface area contributed by atoms with Crippen molar-refractivity contribution in [3.05, 3.63) is 58.1 Å². The van der Waals surface area contributed by atoms with Crippen molar-refractivity contribution in [2.75, 3.05) is 10.6 Å². The summed E-state index contributed by atoms with van der Waals surface area (Å²) in [7, 11) is 0. The highest BCUT2D eigenvalue weighted by Gasteiger charge is 2.05. The van der Waals surface area contributed by atoms with E-state index in [1.807, 2.05) is 6.92 Å². The van der Waals surface area contributed by atoms with Gasteiger partial charge in [0.25, 0.3) is 0 Å². The SMILES string of the molecule is Cc1cc(Cl)ccc1NC(=O)Nc1cccc(Cl)c1. The first-order valence-corrected chi connectivity index (χ1v) is 6.40. The molecule has 0 spiro atoms. The van der Waals surface area contributed by atoms with E-state index < -0.39 is 0 Å². The lowest BCUT2D eigenvalue weighted by Crippen LogP contribution is -2.19. The van der Waals surface area contributed by atoms with Crippen LogP contribution in [0.2, 0.25) is 10.0 Å². The number of urea groups is 1. The van der Waals surface area contributed by atoms with E-state index in [1.165, 1.54) is 0 Å². The molecule has 2 N–H and O–H groups in total. The van der Waals surface area contributed by atoms with E-state index in [-0.39, 0.29) is 6.03 Å². The highest BCUT2D eigenvalue weighted by atomic mass is 35.5. The Balaban J connectivity index is 2.05. The van der Waals surface area contributed by atoms with E-state index >= 15 is 0 Å². The van der Waals surface area contributed by atoms with Gasteiger partial charge in [0.1, 0.15) is 0 Å². The Labute approximate surface area is 121 Å². The van der Waals surface area contributed by atoms with Crippen molar-refractivity contribution < 1.29 is 4.79 Å². The molecule has 0 heterocycles. The van der Waals surface area contributed by atoms with Crippen molar-refractivity contribution >= 4 is 40.6 Å². The molecule has 2 rings (SSSR count). The summed E-state index contributed by atoms with van der Waals surface area (Å²) in [6, 6.07) is 11.9. The molecule has 0 radical (unpaired) electrons. The third-order valence-corrected chi connectivity index (χ3v) is 2.99. The molecular weight excluding hydrogens is 283 g/mol. The molecule has 3 nitrogen and oxygen atoms in total. The molecule has 98 valence electrons. The smallest absolute Gasteiger partial charge is 0.308 e. The van der Waals surface area contributed by atoms with Crippen LogP contribution in [0.15, 0.2) is 42.5 Å². The number of aryl methyl sites for hydroxylation is 1. The fourth-order valence-corrected chi connectivity index (χ4v) is 2.04. The van der Waals surface area contributed by atoms with Gasteiger partial charge in [-0.2, -0.15) is 0 Å². The van der Waals surface area contributed by atoms with Crippen LogP contribution >= 0.6 is 23.2 Å². The van der Waals surface area contributed by atoms with Crippen LogP contribution in [-0.4, -0.2) is 6.03 Å². The zero-order valence-electron chi connectivity index (χ0n) is 10.2. The van der Waals surface area contributed by atoms with Crippen LogP contribution in [0.1, 0.15) is 5.56 Å². The van der Waals surface area contributed by atoms with Gasteiger partial charge in [-0.3, -0.25) is 0 Å². The van der Waals surface area contributed by atoms with Crippen LogP contribution in [0.3, 0.4) is 0 Å². The number of anilines is 2. The zero-order valence-corrected chi connectivity index (χ0v) is 11.7. The second kappa shape index (κ2) is 5.95. The fraction of sp³-hybridized carbons (Fsp3) is 0.0714. The Kier molecular flexibility index (Phi) is 4.30. The Hall–Kier alpha value is -1.71. The summed E-state index contributed by atoms with van der Waals surface area (Å²) >= 11 is 11.7. The first kappa shape index (κ1) is 13.7. The number of carbonyl (C=O) groups is 1. The topological polar surface area (TPSA) is 41.1 Å². The second-order valence-corrected chi connectivity index (χ2v) is 4.92. The molecule has 2 amide bonds. The number of rotatable bonds is 2. The van der Waals surface area contributed by atoms with Crippen molar-refractivity contribution in [1.29, 1.82) is 0 Å². The van der Waals surface area contributed by atoms with E-state index in [0.717, 1.165) is 5.56 Å². The van der Waals surface area contributed by atoms with Gasteiger partial charge >= 0.3 is 6.03 Å². The van der Waals surface area contributed by atoms with Crippen LogP contribution in [0.4, 0.5) is 16.2 Å². The Morgan fingerprint density at radius 2 is 1.74 bits per heavy atom. The molecule has 0 aromatic heterocycles. The molecule has 0 unspecified atom stereocenters. The molecule has 0 bridgehead atoms. The maximum absolute atomic E-state index is 11.8. The third-order valence-electron chi connectivity index (χ3n) is 2.52. The molecular formula is C14H12Cl2N2O. The molecule has 0 fully saturated rings. The molecule has 0 saturated carbocycles. The lowest BCUT2D eigenvalue weighted by Gasteiger charge is -2.10. The molecule has 5 heteroatoms. The summed E-state index contributed by atoms with van der Waals surface area (Å²) in [6.07, 6.45) is 0. The predicted molar refractivity (Wildman–Crippen MR) is 80.3 cm³/mol. The maximum atomic E-state index is 11.8. The van der Waals surface area contributed by atoms with Crippen molar-refractivity contribution in [2.24, 2.45) is 0 Å². The van der Waals surface area contributed by atoms with Crippen LogP contribution < -0.4 is 10.6 Å². The summed E-state index contributed by atoms with van der Waals surface area (Å²) in [5.74, 6) is 0. The normalized spacial score (nSPS) is 10.1. The first-order valence-electron chi connectivity index (χ1n) is 5.64. The van der Waals surface area contributed by atoms with Gasteiger partial charge in [-0.05, 0) is 48.9 Å². The van der Waals surface area contributed by atoms with Gasteiger partial charge in [0, 0.05) is 21.4 Å². The lowest BCUT2D eigenvalue weighted by atomic mass is 10.2. The van der Waals surface area contributed by atoms with E-state index in [2.05, 4.69) is 10.6 Å². The van der Waals surface area contributed by atoms with Crippen molar-refractivity contribution in [3.63, 3.8) is 0 Å². The van der Waals surface area contributed by atoms with Crippen LogP contribution in [0, 0.1) is 6.92 Å². The molecule has 19 heavy (non-hydrogen) atoms. The zero-order chi connectivity index (χ0) is 13.8. The van der Waals surface area contributed by atoms with E-state index in [4.69, 9.17) is 23.2 Å². The van der Waals surface area contributed by atoms with Gasteiger partial charge in [0.05, 0.1) is 0 Å². The number of halogens is 2. The summed E-state index contributed by atoms with van der Waals surface area (Å²) in [5, 5.41) is 6.67. The van der Waals surface area contributed by atoms with Crippen molar-refractivity contribution in [3.8, 4) is 0 Å². The summed E-state index contributed by atoms with van der Waals surface area (Å²) in [6.45, 7) is 1.88. The number of carbonyl (C=O) groups excluding carboxylic acids is 1. The maximum Gasteiger partial charge on any atom is 0.323 e. The van der Waals surface area contributed by atoms with Crippen LogP contribution in [0.5, 0.6) is 0 Å². The van der Waals surface area contributed by atoms with Gasteiger partial charge in [-0.15, -0.1) is 0 Å². The van der Waals surface area contributed by atoms with E-state index in [0.29, 0.717) is 21.4 Å². The highest BCUT2D eigenvalue weighted by molar-refractivity contribution is 6.31. The summed E-state index contributed by atoms with van der Waals surface area (Å²) in [4.78, 5) is 11.8. The highest BCUT2D eigenvalue weighted by Crippen LogP contribution is 2.20. The standard InChI is InChI=1S/C14H12Cl2N2O/c1-9-7-11(16)5-6-13(9)18-14(19)17-12-4-2-3-10(15)8-12/h2-8H,1H3,(H2,17,18,19). The van der Waals surface area contributed by atoms with Crippen LogP contribution in [0.25, 0.3) is 0 Å². The molecule has 0 atom stereocenters. The molecule has 0 aliphatic carbocycles. The van der Waals surface area contributed by atoms with Gasteiger partial charge in [-0.25, -0.2) is 4.79 Å². The second-order valence-electron chi connectivity index (χ2n) is 4.05. The quantitative estimate of drug-likeness (QED) is 0.809. The number of nitrogens with one attached hydrogen (secondary N) is 2. The van der Waals surface area contributed by atoms with Crippen LogP contribution in [-0.2, 0) is 0 Å². The van der Waals surface area contributed by atoms with Gasteiger partial charge in [0.2, 0.25) is 0 Å². The van der Waals surface area contributed by atoms with Gasteiger partial charge in [-0.1, -0.05) is 29.3 Å². The minimum atomic E-state index is -0.326. The summed E-state index contributed by atoms with van der Waals surface area (Å²) < 4.78 is 0. The summed E-state index contributed by atoms with van der Waals surface area (Å²) in [5.41, 5.74) is 2.24. The van der Waals surface area contributed by atoms with Crippen molar-refractivity contribution in [1.82, 2.24) is 0 Å². The lowest BCUT2D eigenvalue weighted by molar-refractivity contribution is 0.262. The Bertz CT molecular complexity index is 614. The largest absolute Gasteiger partial charge is 0.323 e. The monoisotopic (exact) mass is 294 g/mol. The Morgan fingerprint density at radius 1 is 1.00 bits per heavy atom. The molecule has 2 aromatic rings. The predicted octanol–water partition coefficient (Wildman–Crippen LogP) is 4.95. The number of hydrogen-bond donors (Lipinski definition) is 2. The molecule has 0 aliphatic rings. The molecule has 2 aromatic carbocycles. The van der Waals surface area contributed by atoms with E-state index in [9.17, 15) is 4.79 Å². The van der Waals surface area contributed by atoms with Crippen molar-refractivity contribution in [2.45, 2.75) is 6.92 Å². The Morgan fingerprint density at radius 3 is 2.42 bits per heavy atom. The molecule has 0 aliphatic heterocycles. The average molecular weight is 295 g/mol. The van der Waals surface area contributed by atoms with Gasteiger partial charge in [0.15, 0.2) is 0 Å².